The van der Waals surface area contributed by atoms with E-state index in [0.29, 0.717) is 49.6 Å². The molecule has 198 valence electrons. The zero-order valence-electron chi connectivity index (χ0n) is 19.8. The average Bonchev–Trinajstić information content (AvgIpc) is 2.79. The van der Waals surface area contributed by atoms with Crippen LogP contribution in [0.25, 0.3) is 0 Å². The van der Waals surface area contributed by atoms with Crippen molar-refractivity contribution in [3.8, 4) is 0 Å². The molecule has 1 atom stereocenters. The first kappa shape index (κ1) is 27.5. The average molecular weight is 519 g/mol. The molecule has 1 aromatic heterocycles. The van der Waals surface area contributed by atoms with Crippen molar-refractivity contribution in [2.24, 2.45) is 0 Å². The molecule has 36 heavy (non-hydrogen) atoms. The van der Waals surface area contributed by atoms with Crippen LogP contribution in [0.1, 0.15) is 54.0 Å². The molecule has 7 nitrogen and oxygen atoms in total. The van der Waals surface area contributed by atoms with Crippen molar-refractivity contribution in [1.29, 1.82) is 0 Å². The van der Waals surface area contributed by atoms with Crippen molar-refractivity contribution >= 4 is 17.7 Å². The number of carbonyl (C=O) groups excluding carboxylic acids is 1. The summed E-state index contributed by atoms with van der Waals surface area (Å²) >= 11 is 0. The first-order valence-electron chi connectivity index (χ1n) is 11.2. The van der Waals surface area contributed by atoms with Gasteiger partial charge in [0.2, 0.25) is 5.95 Å². The lowest BCUT2D eigenvalue weighted by Crippen LogP contribution is -2.42. The van der Waals surface area contributed by atoms with Crippen LogP contribution in [0.15, 0.2) is 24.4 Å². The predicted octanol–water partition coefficient (Wildman–Crippen LogP) is 4.46. The summed E-state index contributed by atoms with van der Waals surface area (Å²) in [5.74, 6) is 0.170. The Morgan fingerprint density at radius 3 is 2.03 bits per heavy atom. The van der Waals surface area contributed by atoms with E-state index >= 15 is 0 Å². The van der Waals surface area contributed by atoms with Crippen LogP contribution in [0.5, 0.6) is 0 Å². The number of alkyl halides is 6. The van der Waals surface area contributed by atoms with E-state index in [-0.39, 0.29) is 18.2 Å². The summed E-state index contributed by atoms with van der Waals surface area (Å²) in [6.45, 7) is 1.87. The molecule has 3 N–H and O–H groups in total. The van der Waals surface area contributed by atoms with Crippen molar-refractivity contribution in [2.75, 3.05) is 24.3 Å². The third kappa shape index (κ3) is 6.77. The number of aryl methyl sites for hydroxylation is 1. The van der Waals surface area contributed by atoms with E-state index in [1.807, 2.05) is 21.0 Å². The van der Waals surface area contributed by atoms with E-state index < -0.39 is 41.1 Å². The van der Waals surface area contributed by atoms with Crippen LogP contribution in [-0.2, 0) is 17.1 Å². The van der Waals surface area contributed by atoms with Crippen LogP contribution in [0.2, 0.25) is 0 Å². The minimum absolute atomic E-state index is 0.0458. The van der Waals surface area contributed by atoms with Gasteiger partial charge in [0.1, 0.15) is 5.82 Å². The number of hydrogen-bond acceptors (Lipinski definition) is 6. The molecule has 0 saturated heterocycles. The Bertz CT molecular complexity index is 1050. The fraction of sp³-hybridized carbons (Fsp3) is 0.522. The lowest BCUT2D eigenvalue weighted by Gasteiger charge is -2.31. The highest BCUT2D eigenvalue weighted by Gasteiger charge is 2.38. The van der Waals surface area contributed by atoms with Gasteiger partial charge in [-0.1, -0.05) is 0 Å². The van der Waals surface area contributed by atoms with E-state index in [4.69, 9.17) is 0 Å². The second kappa shape index (κ2) is 10.5. The van der Waals surface area contributed by atoms with Gasteiger partial charge >= 0.3 is 12.4 Å². The second-order valence-corrected chi connectivity index (χ2v) is 9.04. The van der Waals surface area contributed by atoms with Gasteiger partial charge in [-0.3, -0.25) is 4.79 Å². The number of nitrogens with zero attached hydrogens (tertiary/aromatic N) is 3. The SMILES string of the molecule is Cc1cnc(N(C)C)nc1N[C@H]1CC[C@@H](NC(=O)C(O)c2cc(C(F)(F)F)cc(C(F)(F)F)c2)CC1. The first-order chi connectivity index (χ1) is 16.6. The number of amides is 1. The summed E-state index contributed by atoms with van der Waals surface area (Å²) in [6.07, 6.45) is -8.38. The number of halogens is 6. The number of anilines is 2. The monoisotopic (exact) mass is 519 g/mol. The maximum Gasteiger partial charge on any atom is 0.416 e. The molecule has 0 aliphatic heterocycles. The molecule has 0 spiro atoms. The van der Waals surface area contributed by atoms with Crippen molar-refractivity contribution in [3.05, 3.63) is 46.6 Å². The fourth-order valence-electron chi connectivity index (χ4n) is 3.94. The number of nitrogens with one attached hydrogen (secondary N) is 2. The third-order valence-electron chi connectivity index (χ3n) is 5.95. The van der Waals surface area contributed by atoms with Crippen LogP contribution in [0.3, 0.4) is 0 Å². The first-order valence-corrected chi connectivity index (χ1v) is 11.2. The highest BCUT2D eigenvalue weighted by Crippen LogP contribution is 2.37. The highest BCUT2D eigenvalue weighted by molar-refractivity contribution is 5.82. The standard InChI is InChI=1S/C23H27F6N5O2/c1-12-11-30-21(34(2)3)33-19(12)31-16-4-6-17(7-5-16)32-20(36)18(35)13-8-14(22(24,25)26)10-15(9-13)23(27,28)29/h8-11,16-18,35H,4-7H2,1-3H3,(H,32,36)(H,30,31,33)/t16-,17+,18?. The molecule has 3 rings (SSSR count). The zero-order chi connectivity index (χ0) is 26.8. The second-order valence-electron chi connectivity index (χ2n) is 9.04. The van der Waals surface area contributed by atoms with Crippen LogP contribution < -0.4 is 15.5 Å². The van der Waals surface area contributed by atoms with Crippen molar-refractivity contribution in [2.45, 2.75) is 63.1 Å². The van der Waals surface area contributed by atoms with Gasteiger partial charge in [-0.2, -0.15) is 31.3 Å². The highest BCUT2D eigenvalue weighted by atomic mass is 19.4. The Morgan fingerprint density at radius 2 is 1.53 bits per heavy atom. The molecule has 1 aliphatic rings. The molecule has 1 amide bonds. The molecular weight excluding hydrogens is 492 g/mol. The number of rotatable bonds is 6. The topological polar surface area (TPSA) is 90.4 Å². The molecule has 13 heteroatoms. The molecule has 0 radical (unpaired) electrons. The summed E-state index contributed by atoms with van der Waals surface area (Å²) < 4.78 is 78.5. The summed E-state index contributed by atoms with van der Waals surface area (Å²) in [5, 5.41) is 16.2. The number of benzene rings is 1. The Balaban J connectivity index is 1.63. The van der Waals surface area contributed by atoms with Gasteiger partial charge in [0.15, 0.2) is 6.10 Å². The zero-order valence-corrected chi connectivity index (χ0v) is 19.8. The minimum Gasteiger partial charge on any atom is -0.378 e. The number of hydrogen-bond donors (Lipinski definition) is 3. The minimum atomic E-state index is -5.08. The van der Waals surface area contributed by atoms with Crippen molar-refractivity contribution < 1.29 is 36.2 Å². The summed E-state index contributed by atoms with van der Waals surface area (Å²) in [5.41, 5.74) is -3.11. The van der Waals surface area contributed by atoms with Crippen LogP contribution in [0, 0.1) is 6.92 Å². The fourth-order valence-corrected chi connectivity index (χ4v) is 3.94. The maximum absolute atomic E-state index is 13.1. The Morgan fingerprint density at radius 1 is 1.00 bits per heavy atom. The summed E-state index contributed by atoms with van der Waals surface area (Å²) in [6, 6.07) is 0.313. The Kier molecular flexibility index (Phi) is 8.01. The smallest absolute Gasteiger partial charge is 0.378 e. The van der Waals surface area contributed by atoms with E-state index in [1.54, 1.807) is 11.1 Å². The Hall–Kier alpha value is -3.09. The molecule has 1 aromatic carbocycles. The molecule has 2 aromatic rings. The quantitative estimate of drug-likeness (QED) is 0.489. The van der Waals surface area contributed by atoms with E-state index in [1.165, 1.54) is 0 Å². The van der Waals surface area contributed by atoms with Gasteiger partial charge in [0.05, 0.1) is 11.1 Å². The van der Waals surface area contributed by atoms with E-state index in [9.17, 15) is 36.2 Å². The van der Waals surface area contributed by atoms with Gasteiger partial charge in [-0.25, -0.2) is 4.98 Å². The van der Waals surface area contributed by atoms with Gasteiger partial charge in [0, 0.05) is 37.9 Å². The maximum atomic E-state index is 13.1. The van der Waals surface area contributed by atoms with Gasteiger partial charge in [-0.15, -0.1) is 0 Å². The lowest BCUT2D eigenvalue weighted by atomic mass is 9.90. The number of aliphatic hydroxyl groups excluding tert-OH is 1. The molecule has 1 unspecified atom stereocenters. The third-order valence-corrected chi connectivity index (χ3v) is 5.95. The largest absolute Gasteiger partial charge is 0.416 e. The van der Waals surface area contributed by atoms with Crippen LogP contribution >= 0.6 is 0 Å². The summed E-state index contributed by atoms with van der Waals surface area (Å²) in [7, 11) is 3.64. The predicted molar refractivity (Wildman–Crippen MR) is 120 cm³/mol. The normalized spacial score (nSPS) is 19.5. The molecule has 1 heterocycles. The lowest BCUT2D eigenvalue weighted by molar-refractivity contribution is -0.143. The summed E-state index contributed by atoms with van der Waals surface area (Å²) in [4.78, 5) is 23.0. The van der Waals surface area contributed by atoms with E-state index in [0.717, 1.165) is 5.56 Å². The number of aliphatic hydroxyl groups is 1. The molecule has 1 saturated carbocycles. The van der Waals surface area contributed by atoms with Crippen molar-refractivity contribution in [3.63, 3.8) is 0 Å². The van der Waals surface area contributed by atoms with Crippen molar-refractivity contribution in [1.82, 2.24) is 15.3 Å². The van der Waals surface area contributed by atoms with Gasteiger partial charge in [-0.05, 0) is 56.4 Å². The van der Waals surface area contributed by atoms with Gasteiger partial charge in [0.25, 0.3) is 5.91 Å². The Labute approximate surface area is 203 Å². The molecule has 1 fully saturated rings. The van der Waals surface area contributed by atoms with Gasteiger partial charge < -0.3 is 20.6 Å². The van der Waals surface area contributed by atoms with Crippen LogP contribution in [0.4, 0.5) is 38.1 Å². The molecular formula is C23H27F6N5O2. The number of aromatic nitrogens is 2. The van der Waals surface area contributed by atoms with Crippen LogP contribution in [-0.4, -0.2) is 47.2 Å². The molecule has 0 bridgehead atoms. The van der Waals surface area contributed by atoms with E-state index in [2.05, 4.69) is 20.6 Å². The molecule has 1 aliphatic carbocycles. The number of carbonyl (C=O) groups is 1.